The quantitative estimate of drug-likeness (QED) is 0.918. The summed E-state index contributed by atoms with van der Waals surface area (Å²) in [7, 11) is 0. The van der Waals surface area contributed by atoms with Crippen LogP contribution in [0.25, 0.3) is 11.3 Å². The van der Waals surface area contributed by atoms with E-state index in [1.165, 1.54) is 5.56 Å². The molecule has 106 valence electrons. The lowest BCUT2D eigenvalue weighted by Gasteiger charge is -2.26. The first-order valence-electron chi connectivity index (χ1n) is 6.97. The Morgan fingerprint density at radius 3 is 2.80 bits per heavy atom. The van der Waals surface area contributed by atoms with Gasteiger partial charge < -0.3 is 10.1 Å². The summed E-state index contributed by atoms with van der Waals surface area (Å²) in [6.45, 7) is 5.76. The Morgan fingerprint density at radius 2 is 2.00 bits per heavy atom. The van der Waals surface area contributed by atoms with E-state index in [9.17, 15) is 0 Å². The third-order valence-corrected chi connectivity index (χ3v) is 4.18. The molecule has 0 unspecified atom stereocenters. The number of rotatable bonds is 5. The Balaban J connectivity index is 1.50. The Kier molecular flexibility index (Phi) is 4.63. The van der Waals surface area contributed by atoms with Gasteiger partial charge in [0, 0.05) is 37.1 Å². The highest BCUT2D eigenvalue weighted by Crippen LogP contribution is 2.24. The topological polar surface area (TPSA) is 37.4 Å². The van der Waals surface area contributed by atoms with Gasteiger partial charge in [-0.25, -0.2) is 4.98 Å². The molecule has 1 aromatic carbocycles. The van der Waals surface area contributed by atoms with Gasteiger partial charge in [0.05, 0.1) is 18.9 Å². The van der Waals surface area contributed by atoms with Crippen molar-refractivity contribution in [2.75, 3.05) is 44.7 Å². The smallest absolute Gasteiger partial charge is 0.183 e. The number of aromatic nitrogens is 1. The molecule has 20 heavy (non-hydrogen) atoms. The number of hydrogen-bond acceptors (Lipinski definition) is 5. The molecule has 0 atom stereocenters. The minimum atomic E-state index is 0.857. The normalized spacial score (nSPS) is 16.2. The van der Waals surface area contributed by atoms with E-state index >= 15 is 0 Å². The van der Waals surface area contributed by atoms with Crippen LogP contribution >= 0.6 is 11.3 Å². The number of nitrogens with zero attached hydrogens (tertiary/aromatic N) is 2. The van der Waals surface area contributed by atoms with E-state index in [2.05, 4.69) is 32.7 Å². The maximum atomic E-state index is 5.34. The van der Waals surface area contributed by atoms with E-state index in [1.807, 2.05) is 18.2 Å². The number of benzene rings is 1. The van der Waals surface area contributed by atoms with Crippen molar-refractivity contribution in [3.05, 3.63) is 35.7 Å². The third kappa shape index (κ3) is 3.56. The molecule has 1 aliphatic rings. The largest absolute Gasteiger partial charge is 0.379 e. The van der Waals surface area contributed by atoms with Crippen LogP contribution < -0.4 is 5.32 Å². The average molecular weight is 289 g/mol. The molecule has 1 aromatic heterocycles. The minimum absolute atomic E-state index is 0.857. The van der Waals surface area contributed by atoms with E-state index < -0.39 is 0 Å². The molecule has 1 fully saturated rings. The van der Waals surface area contributed by atoms with Crippen molar-refractivity contribution in [1.29, 1.82) is 0 Å². The summed E-state index contributed by atoms with van der Waals surface area (Å²) < 4.78 is 5.34. The molecule has 1 aliphatic heterocycles. The zero-order chi connectivity index (χ0) is 13.6. The average Bonchev–Trinajstić information content (AvgIpc) is 2.98. The van der Waals surface area contributed by atoms with Gasteiger partial charge in [0.1, 0.15) is 0 Å². The van der Waals surface area contributed by atoms with Crippen molar-refractivity contribution >= 4 is 16.5 Å². The van der Waals surface area contributed by atoms with Crippen molar-refractivity contribution in [2.45, 2.75) is 0 Å². The number of morpholine rings is 1. The molecule has 0 aliphatic carbocycles. The van der Waals surface area contributed by atoms with E-state index in [1.54, 1.807) is 11.3 Å². The van der Waals surface area contributed by atoms with Crippen LogP contribution in [0.4, 0.5) is 5.13 Å². The maximum absolute atomic E-state index is 5.34. The highest BCUT2D eigenvalue weighted by molar-refractivity contribution is 7.14. The van der Waals surface area contributed by atoms with Gasteiger partial charge in [-0.3, -0.25) is 4.90 Å². The van der Waals surface area contributed by atoms with Crippen LogP contribution in [0.2, 0.25) is 0 Å². The van der Waals surface area contributed by atoms with E-state index in [0.717, 1.165) is 50.2 Å². The highest BCUT2D eigenvalue weighted by atomic mass is 32.1. The minimum Gasteiger partial charge on any atom is -0.379 e. The number of ether oxygens (including phenoxy) is 1. The molecule has 0 spiro atoms. The molecule has 1 saturated heterocycles. The summed E-state index contributed by atoms with van der Waals surface area (Å²) in [6, 6.07) is 10.3. The fourth-order valence-electron chi connectivity index (χ4n) is 2.24. The Hall–Kier alpha value is -1.43. The monoisotopic (exact) mass is 289 g/mol. The third-order valence-electron chi connectivity index (χ3n) is 3.38. The maximum Gasteiger partial charge on any atom is 0.183 e. The zero-order valence-corrected chi connectivity index (χ0v) is 12.2. The Bertz CT molecular complexity index is 523. The first-order valence-corrected chi connectivity index (χ1v) is 7.85. The van der Waals surface area contributed by atoms with Gasteiger partial charge in [0.2, 0.25) is 0 Å². The fraction of sp³-hybridized carbons (Fsp3) is 0.400. The first kappa shape index (κ1) is 13.5. The van der Waals surface area contributed by atoms with Crippen molar-refractivity contribution in [1.82, 2.24) is 9.88 Å². The van der Waals surface area contributed by atoms with Crippen molar-refractivity contribution in [3.63, 3.8) is 0 Å². The van der Waals surface area contributed by atoms with Gasteiger partial charge in [0.25, 0.3) is 0 Å². The lowest BCUT2D eigenvalue weighted by molar-refractivity contribution is 0.0398. The number of hydrogen-bond donors (Lipinski definition) is 1. The molecular weight excluding hydrogens is 270 g/mol. The summed E-state index contributed by atoms with van der Waals surface area (Å²) in [6.07, 6.45) is 0. The lowest BCUT2D eigenvalue weighted by atomic mass is 10.2. The number of anilines is 1. The van der Waals surface area contributed by atoms with Gasteiger partial charge in [-0.05, 0) is 0 Å². The standard InChI is InChI=1S/C15H19N3OS/c1-2-4-13(5-3-1)14-12-20-15(17-14)16-6-7-18-8-10-19-11-9-18/h1-5,12H,6-11H2,(H,16,17). The van der Waals surface area contributed by atoms with Gasteiger partial charge in [-0.1, -0.05) is 30.3 Å². The highest BCUT2D eigenvalue weighted by Gasteiger charge is 2.10. The number of nitrogens with one attached hydrogen (secondary N) is 1. The molecule has 0 amide bonds. The molecular formula is C15H19N3OS. The van der Waals surface area contributed by atoms with Crippen LogP contribution in [0.1, 0.15) is 0 Å². The fourth-order valence-corrected chi connectivity index (χ4v) is 2.99. The predicted octanol–water partition coefficient (Wildman–Crippen LogP) is 2.55. The summed E-state index contributed by atoms with van der Waals surface area (Å²) in [5.74, 6) is 0. The van der Waals surface area contributed by atoms with Crippen LogP contribution in [-0.4, -0.2) is 49.3 Å². The summed E-state index contributed by atoms with van der Waals surface area (Å²) >= 11 is 1.67. The SMILES string of the molecule is c1ccc(-c2csc(NCCN3CCOCC3)n2)cc1. The molecule has 2 heterocycles. The molecule has 3 rings (SSSR count). The van der Waals surface area contributed by atoms with Crippen molar-refractivity contribution < 1.29 is 4.74 Å². The van der Waals surface area contributed by atoms with E-state index in [0.29, 0.717) is 0 Å². The van der Waals surface area contributed by atoms with Gasteiger partial charge in [-0.2, -0.15) is 0 Å². The van der Waals surface area contributed by atoms with E-state index in [4.69, 9.17) is 4.74 Å². The Labute approximate surface area is 123 Å². The summed E-state index contributed by atoms with van der Waals surface area (Å²) in [5.41, 5.74) is 2.22. The molecule has 0 bridgehead atoms. The van der Waals surface area contributed by atoms with Crippen LogP contribution in [0.3, 0.4) is 0 Å². The zero-order valence-electron chi connectivity index (χ0n) is 11.4. The second kappa shape index (κ2) is 6.83. The lowest BCUT2D eigenvalue weighted by Crippen LogP contribution is -2.38. The second-order valence-corrected chi connectivity index (χ2v) is 5.64. The molecule has 2 aromatic rings. The van der Waals surface area contributed by atoms with Crippen LogP contribution in [0.5, 0.6) is 0 Å². The van der Waals surface area contributed by atoms with Crippen LogP contribution in [0.15, 0.2) is 35.7 Å². The van der Waals surface area contributed by atoms with Gasteiger partial charge >= 0.3 is 0 Å². The first-order chi connectivity index (χ1) is 9.92. The number of thiazole rings is 1. The van der Waals surface area contributed by atoms with Crippen LogP contribution in [-0.2, 0) is 4.74 Å². The molecule has 4 nitrogen and oxygen atoms in total. The van der Waals surface area contributed by atoms with Crippen molar-refractivity contribution in [3.8, 4) is 11.3 Å². The van der Waals surface area contributed by atoms with Crippen molar-refractivity contribution in [2.24, 2.45) is 0 Å². The van der Waals surface area contributed by atoms with Gasteiger partial charge in [0.15, 0.2) is 5.13 Å². The van der Waals surface area contributed by atoms with Crippen LogP contribution in [0, 0.1) is 0 Å². The van der Waals surface area contributed by atoms with E-state index in [-0.39, 0.29) is 0 Å². The van der Waals surface area contributed by atoms with Gasteiger partial charge in [-0.15, -0.1) is 11.3 Å². The molecule has 0 radical (unpaired) electrons. The summed E-state index contributed by atoms with van der Waals surface area (Å²) in [5, 5.41) is 6.51. The second-order valence-electron chi connectivity index (χ2n) is 4.78. The summed E-state index contributed by atoms with van der Waals surface area (Å²) in [4.78, 5) is 7.05. The molecule has 0 saturated carbocycles. The predicted molar refractivity (Wildman–Crippen MR) is 83.3 cm³/mol. The molecule has 5 heteroatoms. The Morgan fingerprint density at radius 1 is 1.20 bits per heavy atom. The molecule has 1 N–H and O–H groups in total.